The monoisotopic (exact) mass is 385 g/mol. The molecule has 1 aliphatic rings. The number of halogens is 1. The lowest BCUT2D eigenvalue weighted by Gasteiger charge is -2.27. The van der Waals surface area contributed by atoms with Gasteiger partial charge in [0.1, 0.15) is 0 Å². The van der Waals surface area contributed by atoms with Crippen LogP contribution in [0, 0.1) is 0 Å². The number of aromatic hydroxyl groups is 2. The maximum Gasteiger partial charge on any atom is 0.158 e. The predicted molar refractivity (Wildman–Crippen MR) is 102 cm³/mol. The van der Waals surface area contributed by atoms with E-state index >= 15 is 0 Å². The molecule has 0 aromatic heterocycles. The Labute approximate surface area is 151 Å². The number of hydrogen-bond donors (Lipinski definition) is 3. The van der Waals surface area contributed by atoms with Gasteiger partial charge >= 0.3 is 0 Å². The molecule has 0 spiro atoms. The smallest absolute Gasteiger partial charge is 0.158 e. The van der Waals surface area contributed by atoms with E-state index in [1.807, 2.05) is 6.07 Å². The van der Waals surface area contributed by atoms with Crippen LogP contribution >= 0.6 is 17.0 Å². The van der Waals surface area contributed by atoms with Gasteiger partial charge in [-0.2, -0.15) is 0 Å². The molecule has 0 saturated heterocycles. The van der Waals surface area contributed by atoms with Gasteiger partial charge in [0.2, 0.25) is 0 Å². The van der Waals surface area contributed by atoms with Gasteiger partial charge in [0.15, 0.2) is 11.5 Å². The summed E-state index contributed by atoms with van der Waals surface area (Å²) >= 11 is 0. The topological polar surface area (TPSA) is 52.5 Å². The average molecular weight is 386 g/mol. The van der Waals surface area contributed by atoms with Crippen LogP contribution < -0.4 is 5.32 Å². The molecule has 0 saturated carbocycles. The standard InChI is InChI=1S/C20H19NO2.BrH/c22-19-11-15-6-5-13(9-16(15)12-20(19)23)10-18-17-4-2-1-3-14(17)7-8-21-18;/h1-6,9,11-12,18,21-23H,7-8,10H2;1H. The van der Waals surface area contributed by atoms with Crippen molar-refractivity contribution in [1.82, 2.24) is 5.32 Å². The lowest BCUT2D eigenvalue weighted by atomic mass is 9.90. The molecular weight excluding hydrogens is 366 g/mol. The van der Waals surface area contributed by atoms with Crippen LogP contribution in [-0.2, 0) is 12.8 Å². The third-order valence-corrected chi connectivity index (χ3v) is 4.65. The second kappa shape index (κ2) is 6.83. The van der Waals surface area contributed by atoms with Gasteiger partial charge in [-0.1, -0.05) is 42.5 Å². The van der Waals surface area contributed by atoms with Gasteiger partial charge in [0.25, 0.3) is 0 Å². The third-order valence-electron chi connectivity index (χ3n) is 4.65. The van der Waals surface area contributed by atoms with E-state index in [1.165, 1.54) is 16.7 Å². The van der Waals surface area contributed by atoms with Crippen LogP contribution in [0.25, 0.3) is 10.8 Å². The molecule has 3 aromatic rings. The van der Waals surface area contributed by atoms with Crippen LogP contribution in [0.3, 0.4) is 0 Å². The van der Waals surface area contributed by atoms with Crippen molar-refractivity contribution in [3.63, 3.8) is 0 Å². The second-order valence-corrected chi connectivity index (χ2v) is 6.18. The molecule has 4 rings (SSSR count). The van der Waals surface area contributed by atoms with Crippen LogP contribution in [0.1, 0.15) is 22.7 Å². The van der Waals surface area contributed by atoms with Crippen molar-refractivity contribution in [2.24, 2.45) is 0 Å². The molecule has 124 valence electrons. The fourth-order valence-corrected chi connectivity index (χ4v) is 3.46. The maximum absolute atomic E-state index is 9.70. The fraction of sp³-hybridized carbons (Fsp3) is 0.200. The normalized spacial score (nSPS) is 16.4. The van der Waals surface area contributed by atoms with E-state index in [-0.39, 0.29) is 28.5 Å². The molecule has 3 aromatic carbocycles. The van der Waals surface area contributed by atoms with Crippen molar-refractivity contribution in [2.45, 2.75) is 18.9 Å². The van der Waals surface area contributed by atoms with Crippen molar-refractivity contribution < 1.29 is 10.2 Å². The Morgan fingerprint density at radius 1 is 0.917 bits per heavy atom. The van der Waals surface area contributed by atoms with Crippen LogP contribution in [0.5, 0.6) is 11.5 Å². The summed E-state index contributed by atoms with van der Waals surface area (Å²) in [5.74, 6) is -0.149. The van der Waals surface area contributed by atoms with E-state index in [1.54, 1.807) is 12.1 Å². The first-order valence-corrected chi connectivity index (χ1v) is 7.96. The molecule has 3 N–H and O–H groups in total. The van der Waals surface area contributed by atoms with Gasteiger partial charge in [-0.3, -0.25) is 0 Å². The van der Waals surface area contributed by atoms with E-state index in [2.05, 4.69) is 41.7 Å². The number of hydrogen-bond acceptors (Lipinski definition) is 3. The molecule has 1 heterocycles. The summed E-state index contributed by atoms with van der Waals surface area (Å²) in [4.78, 5) is 0. The lowest BCUT2D eigenvalue weighted by molar-refractivity contribution is 0.405. The SMILES string of the molecule is Br.Oc1cc2ccc(CC3NCCc4ccccc43)cc2cc1O. The van der Waals surface area contributed by atoms with Gasteiger partial charge in [0, 0.05) is 6.04 Å². The first-order chi connectivity index (χ1) is 11.2. The Hall–Kier alpha value is -2.04. The molecule has 3 nitrogen and oxygen atoms in total. The van der Waals surface area contributed by atoms with Gasteiger partial charge in [-0.15, -0.1) is 17.0 Å². The predicted octanol–water partition coefficient (Wildman–Crippen LogP) is 4.26. The Morgan fingerprint density at radius 3 is 2.50 bits per heavy atom. The van der Waals surface area contributed by atoms with Crippen LogP contribution in [0.4, 0.5) is 0 Å². The average Bonchev–Trinajstić information content (AvgIpc) is 2.57. The summed E-state index contributed by atoms with van der Waals surface area (Å²) in [6.45, 7) is 1.00. The summed E-state index contributed by atoms with van der Waals surface area (Å²) in [5.41, 5.74) is 4.03. The Morgan fingerprint density at radius 2 is 1.67 bits per heavy atom. The summed E-state index contributed by atoms with van der Waals surface area (Å²) in [5, 5.41) is 24.8. The van der Waals surface area contributed by atoms with Crippen molar-refractivity contribution in [3.8, 4) is 11.5 Å². The Balaban J connectivity index is 0.00000169. The third kappa shape index (κ3) is 3.12. The maximum atomic E-state index is 9.70. The molecule has 24 heavy (non-hydrogen) atoms. The first kappa shape index (κ1) is 16.8. The molecule has 0 aliphatic carbocycles. The molecule has 1 unspecified atom stereocenters. The summed E-state index contributed by atoms with van der Waals surface area (Å²) in [7, 11) is 0. The molecule has 4 heteroatoms. The zero-order chi connectivity index (χ0) is 15.8. The minimum absolute atomic E-state index is 0. The van der Waals surface area contributed by atoms with E-state index in [4.69, 9.17) is 0 Å². The van der Waals surface area contributed by atoms with Gasteiger partial charge in [0.05, 0.1) is 0 Å². The highest BCUT2D eigenvalue weighted by molar-refractivity contribution is 8.93. The van der Waals surface area contributed by atoms with Crippen LogP contribution in [0.15, 0.2) is 54.6 Å². The van der Waals surface area contributed by atoms with Crippen LogP contribution in [0.2, 0.25) is 0 Å². The van der Waals surface area contributed by atoms with E-state index in [9.17, 15) is 10.2 Å². The number of phenolic OH excluding ortho intramolecular Hbond substituents is 2. The molecule has 1 aliphatic heterocycles. The molecule has 0 amide bonds. The molecule has 0 bridgehead atoms. The van der Waals surface area contributed by atoms with E-state index in [0.29, 0.717) is 6.04 Å². The fourth-order valence-electron chi connectivity index (χ4n) is 3.46. The minimum Gasteiger partial charge on any atom is -0.504 e. The highest BCUT2D eigenvalue weighted by atomic mass is 79.9. The van der Waals surface area contributed by atoms with Gasteiger partial charge < -0.3 is 15.5 Å². The summed E-state index contributed by atoms with van der Waals surface area (Å²) < 4.78 is 0. The van der Waals surface area contributed by atoms with Gasteiger partial charge in [-0.05, 0) is 59.0 Å². The van der Waals surface area contributed by atoms with E-state index in [0.717, 1.165) is 30.2 Å². The molecule has 1 atom stereocenters. The van der Waals surface area contributed by atoms with Crippen molar-refractivity contribution in [1.29, 1.82) is 0 Å². The number of phenols is 2. The minimum atomic E-state index is -0.0758. The second-order valence-electron chi connectivity index (χ2n) is 6.18. The van der Waals surface area contributed by atoms with Gasteiger partial charge in [-0.25, -0.2) is 0 Å². The summed E-state index contributed by atoms with van der Waals surface area (Å²) in [6, 6.07) is 18.3. The highest BCUT2D eigenvalue weighted by Gasteiger charge is 2.19. The summed E-state index contributed by atoms with van der Waals surface area (Å²) in [6.07, 6.45) is 1.99. The number of rotatable bonds is 2. The zero-order valence-corrected chi connectivity index (χ0v) is 14.9. The Bertz CT molecular complexity index is 879. The van der Waals surface area contributed by atoms with Crippen molar-refractivity contribution >= 4 is 27.8 Å². The number of fused-ring (bicyclic) bond motifs is 2. The van der Waals surface area contributed by atoms with Crippen molar-refractivity contribution in [3.05, 3.63) is 71.3 Å². The zero-order valence-electron chi connectivity index (χ0n) is 13.2. The van der Waals surface area contributed by atoms with E-state index < -0.39 is 0 Å². The molecular formula is C20H20BrNO2. The first-order valence-electron chi connectivity index (χ1n) is 7.96. The number of nitrogens with one attached hydrogen (secondary N) is 1. The largest absolute Gasteiger partial charge is 0.504 e. The quantitative estimate of drug-likeness (QED) is 0.577. The highest BCUT2D eigenvalue weighted by Crippen LogP contribution is 2.32. The van der Waals surface area contributed by atoms with Crippen LogP contribution in [-0.4, -0.2) is 16.8 Å². The number of benzene rings is 3. The molecule has 0 radical (unpaired) electrons. The Kier molecular flexibility index (Phi) is 4.78. The molecule has 0 fully saturated rings. The lowest BCUT2D eigenvalue weighted by Crippen LogP contribution is -2.31. The van der Waals surface area contributed by atoms with Crippen molar-refractivity contribution in [2.75, 3.05) is 6.54 Å².